The third-order valence-electron chi connectivity index (χ3n) is 2.43. The molecular formula is C12H10F2N6O. The molecule has 108 valence electrons. The van der Waals surface area contributed by atoms with Crippen LogP contribution in [0.3, 0.4) is 0 Å². The van der Waals surface area contributed by atoms with E-state index in [0.29, 0.717) is 0 Å². The maximum absolute atomic E-state index is 12.4. The Bertz CT molecular complexity index is 678. The highest BCUT2D eigenvalue weighted by molar-refractivity contribution is 5.75. The second-order valence-corrected chi connectivity index (χ2v) is 3.93. The van der Waals surface area contributed by atoms with Gasteiger partial charge in [0, 0.05) is 6.20 Å². The predicted molar refractivity (Wildman–Crippen MR) is 69.2 cm³/mol. The summed E-state index contributed by atoms with van der Waals surface area (Å²) >= 11 is 0. The number of allylic oxidation sites excluding steroid dienone is 1. The lowest BCUT2D eigenvalue weighted by Crippen LogP contribution is -2.05. The maximum atomic E-state index is 12.4. The second kappa shape index (κ2) is 6.42. The molecule has 0 bridgehead atoms. The van der Waals surface area contributed by atoms with Crippen molar-refractivity contribution in [3.05, 3.63) is 35.8 Å². The Morgan fingerprint density at radius 1 is 1.52 bits per heavy atom. The number of anilines is 1. The van der Waals surface area contributed by atoms with Crippen molar-refractivity contribution in [3.63, 3.8) is 0 Å². The fourth-order valence-corrected chi connectivity index (χ4v) is 1.51. The summed E-state index contributed by atoms with van der Waals surface area (Å²) < 4.78 is 29.2. The lowest BCUT2D eigenvalue weighted by Gasteiger charge is -2.11. The molecule has 9 heteroatoms. The third kappa shape index (κ3) is 3.73. The van der Waals surface area contributed by atoms with Crippen molar-refractivity contribution >= 4 is 11.3 Å². The Labute approximate surface area is 118 Å². The van der Waals surface area contributed by atoms with Gasteiger partial charge in [-0.05, 0) is 29.8 Å². The first kappa shape index (κ1) is 14.4. The SMILES string of the molecule is Cc1ccc(NC=C(C#N)c2nn[nH]n2)c(OC(F)F)c1. The lowest BCUT2D eigenvalue weighted by atomic mass is 10.2. The highest BCUT2D eigenvalue weighted by Crippen LogP contribution is 2.27. The van der Waals surface area contributed by atoms with Gasteiger partial charge in [0.25, 0.3) is 0 Å². The molecule has 0 saturated carbocycles. The molecule has 0 radical (unpaired) electrons. The Hall–Kier alpha value is -3.02. The molecule has 0 spiro atoms. The fourth-order valence-electron chi connectivity index (χ4n) is 1.51. The first-order chi connectivity index (χ1) is 10.1. The van der Waals surface area contributed by atoms with Gasteiger partial charge >= 0.3 is 6.61 Å². The van der Waals surface area contributed by atoms with Gasteiger partial charge in [0.15, 0.2) is 0 Å². The average Bonchev–Trinajstić information content (AvgIpc) is 2.95. The average molecular weight is 292 g/mol. The number of hydrogen-bond donors (Lipinski definition) is 2. The monoisotopic (exact) mass is 292 g/mol. The number of rotatable bonds is 5. The first-order valence-electron chi connectivity index (χ1n) is 5.76. The molecule has 0 aliphatic carbocycles. The normalized spacial score (nSPS) is 11.3. The Kier molecular flexibility index (Phi) is 4.40. The van der Waals surface area contributed by atoms with Crippen molar-refractivity contribution < 1.29 is 13.5 Å². The summed E-state index contributed by atoms with van der Waals surface area (Å²) in [5.74, 6) is 0.0695. The van der Waals surface area contributed by atoms with E-state index in [1.807, 2.05) is 6.07 Å². The van der Waals surface area contributed by atoms with Gasteiger partial charge in [-0.1, -0.05) is 6.07 Å². The quantitative estimate of drug-likeness (QED) is 0.818. The zero-order valence-electron chi connectivity index (χ0n) is 10.8. The number of tetrazole rings is 1. The summed E-state index contributed by atoms with van der Waals surface area (Å²) in [4.78, 5) is 0. The van der Waals surface area contributed by atoms with Crippen LogP contribution in [0.25, 0.3) is 5.57 Å². The summed E-state index contributed by atoms with van der Waals surface area (Å²) in [5.41, 5.74) is 1.14. The number of nitrogens with zero attached hydrogens (tertiary/aromatic N) is 4. The molecule has 0 amide bonds. The van der Waals surface area contributed by atoms with E-state index < -0.39 is 6.61 Å². The number of aryl methyl sites for hydroxylation is 1. The van der Waals surface area contributed by atoms with Crippen molar-refractivity contribution in [1.29, 1.82) is 5.26 Å². The summed E-state index contributed by atoms with van der Waals surface area (Å²) in [6, 6.07) is 6.61. The van der Waals surface area contributed by atoms with Crippen molar-refractivity contribution in [2.75, 3.05) is 5.32 Å². The molecular weight excluding hydrogens is 282 g/mol. The number of benzene rings is 1. The topological polar surface area (TPSA) is 99.5 Å². The summed E-state index contributed by atoms with van der Waals surface area (Å²) in [6.45, 7) is -1.19. The molecule has 0 aliphatic heterocycles. The summed E-state index contributed by atoms with van der Waals surface area (Å²) in [5, 5.41) is 24.6. The first-order valence-corrected chi connectivity index (χ1v) is 5.76. The number of aromatic amines is 1. The van der Waals surface area contributed by atoms with E-state index in [1.165, 1.54) is 12.3 Å². The second-order valence-electron chi connectivity index (χ2n) is 3.93. The third-order valence-corrected chi connectivity index (χ3v) is 2.43. The number of H-pyrrole nitrogens is 1. The van der Waals surface area contributed by atoms with E-state index >= 15 is 0 Å². The van der Waals surface area contributed by atoms with E-state index in [4.69, 9.17) is 5.26 Å². The van der Waals surface area contributed by atoms with Crippen LogP contribution in [0.2, 0.25) is 0 Å². The van der Waals surface area contributed by atoms with Crippen molar-refractivity contribution in [1.82, 2.24) is 20.6 Å². The van der Waals surface area contributed by atoms with Gasteiger partial charge in [-0.3, -0.25) is 0 Å². The van der Waals surface area contributed by atoms with Gasteiger partial charge in [-0.15, -0.1) is 10.2 Å². The van der Waals surface area contributed by atoms with Crippen LogP contribution in [-0.2, 0) is 0 Å². The van der Waals surface area contributed by atoms with Crippen molar-refractivity contribution in [2.45, 2.75) is 13.5 Å². The Balaban J connectivity index is 2.25. The van der Waals surface area contributed by atoms with Crippen LogP contribution in [0.15, 0.2) is 24.4 Å². The van der Waals surface area contributed by atoms with E-state index in [9.17, 15) is 8.78 Å². The number of nitrogens with one attached hydrogen (secondary N) is 2. The van der Waals surface area contributed by atoms with E-state index in [-0.39, 0.29) is 22.8 Å². The molecule has 2 rings (SSSR count). The van der Waals surface area contributed by atoms with Gasteiger partial charge in [0.1, 0.15) is 17.4 Å². The molecule has 1 heterocycles. The molecule has 1 aromatic heterocycles. The molecule has 21 heavy (non-hydrogen) atoms. The number of hydrogen-bond acceptors (Lipinski definition) is 6. The van der Waals surface area contributed by atoms with Crippen molar-refractivity contribution in [2.24, 2.45) is 0 Å². The number of alkyl halides is 2. The smallest absolute Gasteiger partial charge is 0.387 e. The minimum Gasteiger partial charge on any atom is -0.433 e. The van der Waals surface area contributed by atoms with Crippen LogP contribution < -0.4 is 10.1 Å². The number of aromatic nitrogens is 4. The molecule has 2 N–H and O–H groups in total. The van der Waals surface area contributed by atoms with Gasteiger partial charge in [-0.25, -0.2) is 0 Å². The largest absolute Gasteiger partial charge is 0.433 e. The van der Waals surface area contributed by atoms with E-state index in [0.717, 1.165) is 5.56 Å². The lowest BCUT2D eigenvalue weighted by molar-refractivity contribution is -0.0493. The number of nitriles is 1. The summed E-state index contributed by atoms with van der Waals surface area (Å²) in [6.07, 6.45) is 1.29. The van der Waals surface area contributed by atoms with Crippen LogP contribution in [0, 0.1) is 18.3 Å². The molecule has 0 fully saturated rings. The Morgan fingerprint density at radius 3 is 2.95 bits per heavy atom. The highest BCUT2D eigenvalue weighted by atomic mass is 19.3. The fraction of sp³-hybridized carbons (Fsp3) is 0.167. The molecule has 0 aliphatic rings. The molecule has 7 nitrogen and oxygen atoms in total. The van der Waals surface area contributed by atoms with Crippen molar-refractivity contribution in [3.8, 4) is 11.8 Å². The van der Waals surface area contributed by atoms with Crippen LogP contribution in [0.5, 0.6) is 5.75 Å². The minimum atomic E-state index is -2.94. The van der Waals surface area contributed by atoms with Crippen LogP contribution >= 0.6 is 0 Å². The molecule has 0 unspecified atom stereocenters. The van der Waals surface area contributed by atoms with Crippen LogP contribution in [-0.4, -0.2) is 27.2 Å². The molecule has 0 saturated heterocycles. The number of halogens is 2. The highest BCUT2D eigenvalue weighted by Gasteiger charge is 2.10. The molecule has 1 aromatic carbocycles. The van der Waals surface area contributed by atoms with E-state index in [1.54, 1.807) is 19.1 Å². The maximum Gasteiger partial charge on any atom is 0.387 e. The standard InChI is InChI=1S/C12H10F2N6O/c1-7-2-3-9(10(4-7)21-12(13)14)16-6-8(5-15)11-17-19-20-18-11/h2-4,6,12,16H,1H3,(H,17,18,19,20). The molecule has 2 aromatic rings. The minimum absolute atomic E-state index is 0.0216. The predicted octanol–water partition coefficient (Wildman–Crippen LogP) is 2.09. The van der Waals surface area contributed by atoms with Crippen LogP contribution in [0.4, 0.5) is 14.5 Å². The number of ether oxygens (including phenoxy) is 1. The summed E-state index contributed by atoms with van der Waals surface area (Å²) in [7, 11) is 0. The van der Waals surface area contributed by atoms with Gasteiger partial charge in [0.2, 0.25) is 5.82 Å². The van der Waals surface area contributed by atoms with Gasteiger partial charge in [0.05, 0.1) is 5.69 Å². The molecule has 0 atom stereocenters. The van der Waals surface area contributed by atoms with Crippen LogP contribution in [0.1, 0.15) is 11.4 Å². The van der Waals surface area contributed by atoms with Gasteiger partial charge in [-0.2, -0.15) is 19.3 Å². The van der Waals surface area contributed by atoms with Gasteiger partial charge < -0.3 is 10.1 Å². The Morgan fingerprint density at radius 2 is 2.33 bits per heavy atom. The zero-order chi connectivity index (χ0) is 15.2. The zero-order valence-corrected chi connectivity index (χ0v) is 10.8. The van der Waals surface area contributed by atoms with E-state index in [2.05, 4.69) is 30.7 Å².